The highest BCUT2D eigenvalue weighted by Gasteiger charge is 2.44. The number of carbonyl (C=O) groups excluding carboxylic acids is 1. The molecule has 1 aromatic heterocycles. The van der Waals surface area contributed by atoms with Crippen molar-refractivity contribution in [1.29, 1.82) is 0 Å². The molecule has 0 bridgehead atoms. The van der Waals surface area contributed by atoms with Crippen LogP contribution in [0, 0.1) is 11.8 Å². The predicted molar refractivity (Wildman–Crippen MR) is 77.6 cm³/mol. The fourth-order valence-electron chi connectivity index (χ4n) is 3.64. The van der Waals surface area contributed by atoms with Crippen LogP contribution in [0.2, 0.25) is 0 Å². The molecule has 0 aliphatic carbocycles. The fourth-order valence-corrected chi connectivity index (χ4v) is 3.64. The van der Waals surface area contributed by atoms with E-state index in [9.17, 15) is 4.79 Å². The average Bonchev–Trinajstić information content (AvgIpc) is 3.13. The normalized spacial score (nSPS) is 28.9. The standard InChI is InChI=1S/C15H24N4O/c1-4-12-6-14(19(5-2)17-12)15(20)18-9-11-7-16-8-13(11)10(18)3/h6,10-11,13,16H,4-5,7-9H2,1-3H3. The van der Waals surface area contributed by atoms with E-state index in [-0.39, 0.29) is 5.91 Å². The summed E-state index contributed by atoms with van der Waals surface area (Å²) >= 11 is 0. The molecule has 3 heterocycles. The first-order valence-electron chi connectivity index (χ1n) is 7.74. The van der Waals surface area contributed by atoms with Crippen LogP contribution in [0.4, 0.5) is 0 Å². The molecule has 5 heteroatoms. The Morgan fingerprint density at radius 3 is 2.90 bits per heavy atom. The zero-order chi connectivity index (χ0) is 14.3. The lowest BCUT2D eigenvalue weighted by molar-refractivity contribution is 0.0716. The summed E-state index contributed by atoms with van der Waals surface area (Å²) in [7, 11) is 0. The molecule has 1 N–H and O–H groups in total. The molecule has 0 aromatic carbocycles. The third kappa shape index (κ3) is 2.04. The SMILES string of the molecule is CCc1cc(C(=O)N2CC3CNCC3C2C)n(CC)n1. The highest BCUT2D eigenvalue weighted by atomic mass is 16.2. The number of aromatic nitrogens is 2. The topological polar surface area (TPSA) is 50.2 Å². The van der Waals surface area contributed by atoms with E-state index in [2.05, 4.69) is 29.2 Å². The minimum absolute atomic E-state index is 0.154. The second-order valence-corrected chi connectivity index (χ2v) is 5.97. The number of rotatable bonds is 3. The summed E-state index contributed by atoms with van der Waals surface area (Å²) in [5.74, 6) is 1.39. The van der Waals surface area contributed by atoms with Crippen molar-refractivity contribution in [2.75, 3.05) is 19.6 Å². The number of nitrogens with one attached hydrogen (secondary N) is 1. The summed E-state index contributed by atoms with van der Waals surface area (Å²) in [4.78, 5) is 14.9. The van der Waals surface area contributed by atoms with E-state index in [1.54, 1.807) is 0 Å². The van der Waals surface area contributed by atoms with Gasteiger partial charge in [-0.25, -0.2) is 0 Å². The van der Waals surface area contributed by atoms with Gasteiger partial charge in [-0.3, -0.25) is 9.48 Å². The minimum Gasteiger partial charge on any atom is -0.334 e. The first-order chi connectivity index (χ1) is 9.65. The van der Waals surface area contributed by atoms with Crippen molar-refractivity contribution in [3.63, 3.8) is 0 Å². The molecule has 110 valence electrons. The van der Waals surface area contributed by atoms with Gasteiger partial charge in [0.05, 0.1) is 5.69 Å². The van der Waals surface area contributed by atoms with E-state index in [0.717, 1.165) is 44.0 Å². The second kappa shape index (κ2) is 5.20. The van der Waals surface area contributed by atoms with Gasteiger partial charge in [-0.05, 0) is 38.2 Å². The molecule has 1 aromatic rings. The molecule has 2 fully saturated rings. The maximum atomic E-state index is 12.8. The van der Waals surface area contributed by atoms with Gasteiger partial charge in [-0.1, -0.05) is 6.92 Å². The summed E-state index contributed by atoms with van der Waals surface area (Å²) in [6, 6.07) is 2.29. The smallest absolute Gasteiger partial charge is 0.272 e. The Hall–Kier alpha value is -1.36. The number of likely N-dealkylation sites (tertiary alicyclic amines) is 1. The van der Waals surface area contributed by atoms with Crippen molar-refractivity contribution >= 4 is 5.91 Å². The number of aryl methyl sites for hydroxylation is 2. The summed E-state index contributed by atoms with van der Waals surface area (Å²) in [6.07, 6.45) is 0.873. The van der Waals surface area contributed by atoms with Gasteiger partial charge >= 0.3 is 0 Å². The molecule has 20 heavy (non-hydrogen) atoms. The summed E-state index contributed by atoms with van der Waals surface area (Å²) in [6.45, 7) is 10.0. The van der Waals surface area contributed by atoms with Gasteiger partial charge in [-0.2, -0.15) is 5.10 Å². The van der Waals surface area contributed by atoms with Crippen molar-refractivity contribution in [2.45, 2.75) is 39.8 Å². The lowest BCUT2D eigenvalue weighted by Gasteiger charge is -2.24. The van der Waals surface area contributed by atoms with Crippen LogP contribution < -0.4 is 5.32 Å². The van der Waals surface area contributed by atoms with Crippen LogP contribution in [0.25, 0.3) is 0 Å². The highest BCUT2D eigenvalue weighted by Crippen LogP contribution is 2.33. The van der Waals surface area contributed by atoms with Crippen LogP contribution in [0.1, 0.15) is 37.0 Å². The van der Waals surface area contributed by atoms with Gasteiger partial charge in [0.1, 0.15) is 5.69 Å². The molecule has 2 aliphatic rings. The average molecular weight is 276 g/mol. The van der Waals surface area contributed by atoms with E-state index >= 15 is 0 Å². The van der Waals surface area contributed by atoms with Gasteiger partial charge in [0.2, 0.25) is 0 Å². The molecular formula is C15H24N4O. The molecule has 3 unspecified atom stereocenters. The largest absolute Gasteiger partial charge is 0.334 e. The molecule has 5 nitrogen and oxygen atoms in total. The van der Waals surface area contributed by atoms with Gasteiger partial charge < -0.3 is 10.2 Å². The lowest BCUT2D eigenvalue weighted by Crippen LogP contribution is -2.39. The molecule has 3 atom stereocenters. The third-order valence-electron chi connectivity index (χ3n) is 4.91. The van der Waals surface area contributed by atoms with Crippen molar-refractivity contribution in [3.8, 4) is 0 Å². The molecule has 0 spiro atoms. The van der Waals surface area contributed by atoms with Crippen molar-refractivity contribution in [3.05, 3.63) is 17.5 Å². The zero-order valence-corrected chi connectivity index (χ0v) is 12.6. The first kappa shape index (κ1) is 13.6. The fraction of sp³-hybridized carbons (Fsp3) is 0.733. The van der Waals surface area contributed by atoms with Crippen LogP contribution >= 0.6 is 0 Å². The molecule has 2 saturated heterocycles. The molecule has 2 aliphatic heterocycles. The molecule has 0 radical (unpaired) electrons. The molecule has 3 rings (SSSR count). The quantitative estimate of drug-likeness (QED) is 0.901. The van der Waals surface area contributed by atoms with Crippen molar-refractivity contribution in [2.24, 2.45) is 11.8 Å². The van der Waals surface area contributed by atoms with Crippen LogP contribution in [-0.4, -0.2) is 46.3 Å². The molecule has 1 amide bonds. The Morgan fingerprint density at radius 1 is 1.45 bits per heavy atom. The van der Waals surface area contributed by atoms with Crippen LogP contribution in [0.3, 0.4) is 0 Å². The van der Waals surface area contributed by atoms with Crippen LogP contribution in [0.15, 0.2) is 6.07 Å². The predicted octanol–water partition coefficient (Wildman–Crippen LogP) is 1.15. The van der Waals surface area contributed by atoms with E-state index < -0.39 is 0 Å². The monoisotopic (exact) mass is 276 g/mol. The van der Waals surface area contributed by atoms with E-state index in [1.165, 1.54) is 0 Å². The number of amides is 1. The maximum absolute atomic E-state index is 12.8. The minimum atomic E-state index is 0.154. The number of carbonyl (C=O) groups is 1. The van der Waals surface area contributed by atoms with E-state index in [1.807, 2.05) is 17.7 Å². The Labute approximate surface area is 120 Å². The molecule has 0 saturated carbocycles. The number of hydrogen-bond acceptors (Lipinski definition) is 3. The van der Waals surface area contributed by atoms with Crippen molar-refractivity contribution < 1.29 is 4.79 Å². The Bertz CT molecular complexity index is 510. The third-order valence-corrected chi connectivity index (χ3v) is 4.91. The highest BCUT2D eigenvalue weighted by molar-refractivity contribution is 5.93. The summed E-state index contributed by atoms with van der Waals surface area (Å²) in [5.41, 5.74) is 1.76. The van der Waals surface area contributed by atoms with Crippen LogP contribution in [0.5, 0.6) is 0 Å². The van der Waals surface area contributed by atoms with Crippen LogP contribution in [-0.2, 0) is 13.0 Å². The van der Waals surface area contributed by atoms with Crippen molar-refractivity contribution in [1.82, 2.24) is 20.0 Å². The van der Waals surface area contributed by atoms with Gasteiger partial charge in [0, 0.05) is 32.2 Å². The number of nitrogens with zero attached hydrogens (tertiary/aromatic N) is 3. The van der Waals surface area contributed by atoms with Gasteiger partial charge in [0.15, 0.2) is 0 Å². The zero-order valence-electron chi connectivity index (χ0n) is 12.6. The van der Waals surface area contributed by atoms with Gasteiger partial charge in [-0.15, -0.1) is 0 Å². The number of hydrogen-bond donors (Lipinski definition) is 1. The summed E-state index contributed by atoms with van der Waals surface area (Å²) < 4.78 is 1.85. The maximum Gasteiger partial charge on any atom is 0.272 e. The first-order valence-corrected chi connectivity index (χ1v) is 7.74. The summed E-state index contributed by atoms with van der Waals surface area (Å²) in [5, 5.41) is 7.93. The van der Waals surface area contributed by atoms with E-state index in [4.69, 9.17) is 0 Å². The second-order valence-electron chi connectivity index (χ2n) is 5.97. The Balaban J connectivity index is 1.84. The van der Waals surface area contributed by atoms with E-state index in [0.29, 0.717) is 17.9 Å². The lowest BCUT2D eigenvalue weighted by atomic mass is 9.95. The number of fused-ring (bicyclic) bond motifs is 1. The Kier molecular flexibility index (Phi) is 3.54. The Morgan fingerprint density at radius 2 is 2.25 bits per heavy atom. The van der Waals surface area contributed by atoms with Gasteiger partial charge in [0.25, 0.3) is 5.91 Å². The molecular weight excluding hydrogens is 252 g/mol.